The zero-order valence-corrected chi connectivity index (χ0v) is 16.8. The molecule has 2 aromatic carbocycles. The average molecular weight is 445 g/mol. The van der Waals surface area contributed by atoms with E-state index in [4.69, 9.17) is 22.1 Å². The molecule has 0 bridgehead atoms. The van der Waals surface area contributed by atoms with Gasteiger partial charge in [0, 0.05) is 34.5 Å². The lowest BCUT2D eigenvalue weighted by Crippen LogP contribution is -2.28. The molecule has 2 aromatic rings. The van der Waals surface area contributed by atoms with Crippen LogP contribution >= 0.6 is 27.5 Å². The van der Waals surface area contributed by atoms with Gasteiger partial charge in [0.15, 0.2) is 9.84 Å². The van der Waals surface area contributed by atoms with Crippen LogP contribution in [0.5, 0.6) is 0 Å². The summed E-state index contributed by atoms with van der Waals surface area (Å²) < 4.78 is 32.8. The summed E-state index contributed by atoms with van der Waals surface area (Å²) in [6.07, 6.45) is 0. The zero-order valence-electron chi connectivity index (χ0n) is 13.7. The molecule has 0 spiro atoms. The maximum atomic E-state index is 13.2. The topological polar surface area (TPSA) is 69.4 Å². The second-order valence-corrected chi connectivity index (χ2v) is 9.74. The molecule has 1 aliphatic rings. The van der Waals surface area contributed by atoms with Gasteiger partial charge in [0.2, 0.25) is 0 Å². The maximum Gasteiger partial charge on any atom is 0.182 e. The van der Waals surface area contributed by atoms with Crippen LogP contribution in [0.3, 0.4) is 0 Å². The first-order chi connectivity index (χ1) is 11.9. The van der Waals surface area contributed by atoms with E-state index in [1.54, 1.807) is 31.4 Å². The fourth-order valence-corrected chi connectivity index (χ4v) is 6.47. The van der Waals surface area contributed by atoms with Gasteiger partial charge in [-0.3, -0.25) is 0 Å². The Morgan fingerprint density at radius 3 is 2.28 bits per heavy atom. The van der Waals surface area contributed by atoms with Crippen molar-refractivity contribution in [2.24, 2.45) is 11.1 Å². The van der Waals surface area contributed by atoms with Gasteiger partial charge in [-0.05, 0) is 42.0 Å². The summed E-state index contributed by atoms with van der Waals surface area (Å²) in [5.41, 5.74) is 6.36. The van der Waals surface area contributed by atoms with Crippen LogP contribution in [0.25, 0.3) is 0 Å². The van der Waals surface area contributed by atoms with E-state index in [0.29, 0.717) is 11.6 Å². The van der Waals surface area contributed by atoms with Crippen LogP contribution in [-0.2, 0) is 14.6 Å². The van der Waals surface area contributed by atoms with Crippen LogP contribution in [0.4, 0.5) is 0 Å². The second kappa shape index (κ2) is 7.00. The lowest BCUT2D eigenvalue weighted by atomic mass is 10.0. The SMILES string of the molecule is COCC1(CN)C(c2ccc(Br)cc2)C1S(=O)(=O)c1ccc(Cl)cc1. The molecule has 3 rings (SSSR count). The van der Waals surface area contributed by atoms with Crippen LogP contribution < -0.4 is 5.73 Å². The zero-order chi connectivity index (χ0) is 18.2. The molecule has 3 atom stereocenters. The van der Waals surface area contributed by atoms with E-state index in [9.17, 15) is 8.42 Å². The molecule has 0 amide bonds. The summed E-state index contributed by atoms with van der Waals surface area (Å²) in [4.78, 5) is 0.260. The number of sulfone groups is 1. The Morgan fingerprint density at radius 1 is 1.16 bits per heavy atom. The predicted molar refractivity (Wildman–Crippen MR) is 103 cm³/mol. The van der Waals surface area contributed by atoms with Gasteiger partial charge in [0.05, 0.1) is 16.8 Å². The van der Waals surface area contributed by atoms with E-state index in [1.165, 1.54) is 0 Å². The molecule has 0 aliphatic heterocycles. The van der Waals surface area contributed by atoms with Gasteiger partial charge >= 0.3 is 0 Å². The Balaban J connectivity index is 2.05. The molecule has 7 heteroatoms. The minimum absolute atomic E-state index is 0.203. The van der Waals surface area contributed by atoms with Crippen molar-refractivity contribution in [2.45, 2.75) is 16.1 Å². The monoisotopic (exact) mass is 443 g/mol. The highest BCUT2D eigenvalue weighted by molar-refractivity contribution is 9.10. The fourth-order valence-electron chi connectivity index (χ4n) is 3.63. The lowest BCUT2D eigenvalue weighted by Gasteiger charge is -2.15. The first-order valence-corrected chi connectivity index (χ1v) is 10.5. The number of methoxy groups -OCH3 is 1. The number of ether oxygens (including phenoxy) is 1. The first-order valence-electron chi connectivity index (χ1n) is 7.81. The highest BCUT2D eigenvalue weighted by Crippen LogP contribution is 2.63. The quantitative estimate of drug-likeness (QED) is 0.738. The number of halogens is 2. The van der Waals surface area contributed by atoms with Crippen molar-refractivity contribution in [3.63, 3.8) is 0 Å². The molecule has 134 valence electrons. The Hall–Kier alpha value is -0.920. The standard InChI is InChI=1S/C18H19BrClNO3S/c1-24-11-18(10-21)16(12-2-4-13(19)5-3-12)17(18)25(22,23)15-8-6-14(20)7-9-15/h2-9,16-17H,10-11,21H2,1H3. The van der Waals surface area contributed by atoms with E-state index < -0.39 is 20.5 Å². The molecular weight excluding hydrogens is 426 g/mol. The Labute approximate surface area is 161 Å². The number of nitrogens with two attached hydrogens (primary N) is 1. The summed E-state index contributed by atoms with van der Waals surface area (Å²) in [7, 11) is -1.99. The summed E-state index contributed by atoms with van der Waals surface area (Å²) in [5.74, 6) is -0.203. The van der Waals surface area contributed by atoms with Gasteiger partial charge < -0.3 is 10.5 Å². The van der Waals surface area contributed by atoms with Crippen LogP contribution in [-0.4, -0.2) is 33.9 Å². The normalized spacial score (nSPS) is 25.8. The third-order valence-electron chi connectivity index (χ3n) is 4.88. The molecule has 25 heavy (non-hydrogen) atoms. The van der Waals surface area contributed by atoms with Crippen LogP contribution in [0.2, 0.25) is 5.02 Å². The summed E-state index contributed by atoms with van der Waals surface area (Å²) >= 11 is 9.30. The Bertz CT molecular complexity index is 855. The van der Waals surface area contributed by atoms with Crippen molar-refractivity contribution in [3.8, 4) is 0 Å². The molecular formula is C18H19BrClNO3S. The maximum absolute atomic E-state index is 13.2. The van der Waals surface area contributed by atoms with Crippen LogP contribution in [0, 0.1) is 5.41 Å². The predicted octanol–water partition coefficient (Wildman–Crippen LogP) is 3.63. The molecule has 2 N–H and O–H groups in total. The van der Waals surface area contributed by atoms with E-state index in [1.807, 2.05) is 24.3 Å². The highest BCUT2D eigenvalue weighted by Gasteiger charge is 2.70. The summed E-state index contributed by atoms with van der Waals surface area (Å²) in [5, 5.41) is -0.117. The van der Waals surface area contributed by atoms with Crippen LogP contribution in [0.1, 0.15) is 11.5 Å². The van der Waals surface area contributed by atoms with Crippen molar-refractivity contribution in [1.82, 2.24) is 0 Å². The second-order valence-electron chi connectivity index (χ2n) is 6.32. The molecule has 0 aromatic heterocycles. The number of rotatable bonds is 6. The van der Waals surface area contributed by atoms with Gasteiger partial charge in [-0.1, -0.05) is 39.7 Å². The number of benzene rings is 2. The molecule has 1 fully saturated rings. The highest BCUT2D eigenvalue weighted by atomic mass is 79.9. The van der Waals surface area contributed by atoms with E-state index >= 15 is 0 Å². The molecule has 1 aliphatic carbocycles. The van der Waals surface area contributed by atoms with E-state index in [0.717, 1.165) is 10.0 Å². The van der Waals surface area contributed by atoms with Gasteiger partial charge in [-0.2, -0.15) is 0 Å². The van der Waals surface area contributed by atoms with Crippen molar-refractivity contribution >= 4 is 37.4 Å². The van der Waals surface area contributed by atoms with E-state index in [2.05, 4.69) is 15.9 Å². The summed E-state index contributed by atoms with van der Waals surface area (Å²) in [6, 6.07) is 14.0. The fraction of sp³-hybridized carbons (Fsp3) is 0.333. The Morgan fingerprint density at radius 2 is 1.76 bits per heavy atom. The molecule has 4 nitrogen and oxygen atoms in total. The third kappa shape index (κ3) is 3.26. The van der Waals surface area contributed by atoms with Crippen molar-refractivity contribution < 1.29 is 13.2 Å². The van der Waals surface area contributed by atoms with E-state index in [-0.39, 0.29) is 17.4 Å². The molecule has 0 heterocycles. The number of hydrogen-bond acceptors (Lipinski definition) is 4. The first kappa shape index (κ1) is 18.9. The minimum Gasteiger partial charge on any atom is -0.384 e. The van der Waals surface area contributed by atoms with Gasteiger partial charge in [0.25, 0.3) is 0 Å². The lowest BCUT2D eigenvalue weighted by molar-refractivity contribution is 0.142. The van der Waals surface area contributed by atoms with Crippen LogP contribution in [0.15, 0.2) is 57.9 Å². The molecule has 1 saturated carbocycles. The minimum atomic E-state index is -3.56. The molecule has 0 saturated heterocycles. The Kier molecular flexibility index (Phi) is 5.28. The largest absolute Gasteiger partial charge is 0.384 e. The molecule has 3 unspecified atom stereocenters. The third-order valence-corrected chi connectivity index (χ3v) is 8.00. The van der Waals surface area contributed by atoms with Gasteiger partial charge in [-0.15, -0.1) is 0 Å². The van der Waals surface area contributed by atoms with Crippen molar-refractivity contribution in [1.29, 1.82) is 0 Å². The number of hydrogen-bond donors (Lipinski definition) is 1. The van der Waals surface area contributed by atoms with Crippen molar-refractivity contribution in [2.75, 3.05) is 20.3 Å². The smallest absolute Gasteiger partial charge is 0.182 e. The average Bonchev–Trinajstić information content (AvgIpc) is 3.26. The summed E-state index contributed by atoms with van der Waals surface area (Å²) in [6.45, 7) is 0.529. The van der Waals surface area contributed by atoms with Gasteiger partial charge in [0.1, 0.15) is 0 Å². The van der Waals surface area contributed by atoms with Gasteiger partial charge in [-0.25, -0.2) is 8.42 Å². The van der Waals surface area contributed by atoms with Crippen molar-refractivity contribution in [3.05, 3.63) is 63.6 Å². The molecule has 0 radical (unpaired) electrons.